The molecule has 4 rings (SSSR count). The minimum Gasteiger partial charge on any atom is -0.497 e. The average Bonchev–Trinajstić information content (AvgIpc) is 2.98. The molecule has 1 aromatic heterocycles. The van der Waals surface area contributed by atoms with Crippen LogP contribution in [-0.2, 0) is 7.05 Å². The third-order valence-electron chi connectivity index (χ3n) is 4.78. The highest BCUT2D eigenvalue weighted by Gasteiger charge is 2.18. The van der Waals surface area contributed by atoms with Crippen molar-refractivity contribution in [1.82, 2.24) is 9.36 Å². The van der Waals surface area contributed by atoms with Crippen molar-refractivity contribution >= 4 is 22.7 Å². The predicted molar refractivity (Wildman–Crippen MR) is 112 cm³/mol. The van der Waals surface area contributed by atoms with E-state index < -0.39 is 0 Å². The van der Waals surface area contributed by atoms with Crippen LogP contribution >= 0.6 is 11.8 Å². The summed E-state index contributed by atoms with van der Waals surface area (Å²) in [4.78, 5) is 14.5. The number of methoxy groups -OCH3 is 1. The number of ether oxygens (including phenoxy) is 1. The highest BCUT2D eigenvalue weighted by atomic mass is 32.2. The Morgan fingerprint density at radius 1 is 0.963 bits per heavy atom. The lowest BCUT2D eigenvalue weighted by molar-refractivity contribution is 0.415. The number of rotatable bonds is 4. The zero-order chi connectivity index (χ0) is 19.0. The van der Waals surface area contributed by atoms with Gasteiger partial charge in [-0.2, -0.15) is 0 Å². The van der Waals surface area contributed by atoms with E-state index in [1.807, 2.05) is 72.6 Å². The number of nitrogens with zero attached hydrogens (tertiary/aromatic N) is 2. The van der Waals surface area contributed by atoms with Crippen LogP contribution in [0, 0.1) is 0 Å². The summed E-state index contributed by atoms with van der Waals surface area (Å²) >= 11 is 1.67. The Balaban J connectivity index is 2.05. The number of hydrogen-bond donors (Lipinski definition) is 0. The molecule has 0 atom stereocenters. The Morgan fingerprint density at radius 3 is 2.30 bits per heavy atom. The fourth-order valence-electron chi connectivity index (χ4n) is 3.41. The van der Waals surface area contributed by atoms with E-state index in [1.165, 1.54) is 0 Å². The Bertz CT molecular complexity index is 1160. The van der Waals surface area contributed by atoms with E-state index in [9.17, 15) is 4.79 Å². The summed E-state index contributed by atoms with van der Waals surface area (Å²) in [6.45, 7) is 0. The second-order valence-corrected chi connectivity index (χ2v) is 7.15. The first-order valence-corrected chi connectivity index (χ1v) is 9.86. The molecule has 0 spiro atoms. The first kappa shape index (κ1) is 17.5. The topological polar surface area (TPSA) is 36.2 Å². The summed E-state index contributed by atoms with van der Waals surface area (Å²) in [6, 6.07) is 21.7. The molecule has 0 aliphatic rings. The first-order valence-electron chi connectivity index (χ1n) is 8.63. The van der Waals surface area contributed by atoms with Crippen molar-refractivity contribution < 1.29 is 4.74 Å². The summed E-state index contributed by atoms with van der Waals surface area (Å²) in [5, 5.41) is 0.726. The zero-order valence-corrected chi connectivity index (χ0v) is 16.3. The van der Waals surface area contributed by atoms with Gasteiger partial charge in [0, 0.05) is 11.9 Å². The third kappa shape index (κ3) is 2.94. The number of thioether (sulfide) groups is 1. The standard InChI is InChI=1S/C22H20N2O2S/c1-23-20-14-18(27-3)13-19(15-9-11-17(26-2)12-10-15)21(20)22(25)24(23)16-7-5-4-6-8-16/h4-14H,1-3H3. The molecule has 0 saturated heterocycles. The highest BCUT2D eigenvalue weighted by Crippen LogP contribution is 2.33. The highest BCUT2D eigenvalue weighted by molar-refractivity contribution is 7.98. The third-order valence-corrected chi connectivity index (χ3v) is 5.49. The molecule has 0 unspecified atom stereocenters. The van der Waals surface area contributed by atoms with Crippen LogP contribution in [-0.4, -0.2) is 22.7 Å². The quantitative estimate of drug-likeness (QED) is 0.483. The summed E-state index contributed by atoms with van der Waals surface area (Å²) in [5.74, 6) is 0.797. The second-order valence-electron chi connectivity index (χ2n) is 6.27. The molecular weight excluding hydrogens is 356 g/mol. The summed E-state index contributed by atoms with van der Waals surface area (Å²) in [5.41, 5.74) is 3.70. The van der Waals surface area contributed by atoms with Gasteiger partial charge in [0.2, 0.25) is 0 Å². The molecule has 0 N–H and O–H groups in total. The number of fused-ring (bicyclic) bond motifs is 1. The minimum atomic E-state index is -0.0165. The maximum absolute atomic E-state index is 13.4. The fourth-order valence-corrected chi connectivity index (χ4v) is 3.87. The molecule has 0 amide bonds. The number of hydrogen-bond acceptors (Lipinski definition) is 3. The van der Waals surface area contributed by atoms with E-state index in [1.54, 1.807) is 23.6 Å². The summed E-state index contributed by atoms with van der Waals surface area (Å²) in [6.07, 6.45) is 2.05. The second kappa shape index (κ2) is 7.00. The Morgan fingerprint density at radius 2 is 1.67 bits per heavy atom. The minimum absolute atomic E-state index is 0.0165. The fraction of sp³-hybridized carbons (Fsp3) is 0.136. The van der Waals surface area contributed by atoms with Crippen molar-refractivity contribution in [3.8, 4) is 22.6 Å². The van der Waals surface area contributed by atoms with Gasteiger partial charge in [0.05, 0.1) is 23.7 Å². The van der Waals surface area contributed by atoms with Crippen LogP contribution in [0.15, 0.2) is 76.4 Å². The normalized spacial score (nSPS) is 11.1. The molecular formula is C22H20N2O2S. The van der Waals surface area contributed by atoms with E-state index in [-0.39, 0.29) is 5.56 Å². The van der Waals surface area contributed by atoms with Crippen LogP contribution in [0.25, 0.3) is 27.7 Å². The first-order chi connectivity index (χ1) is 13.1. The summed E-state index contributed by atoms with van der Waals surface area (Å²) < 4.78 is 8.92. The van der Waals surface area contributed by atoms with Crippen LogP contribution < -0.4 is 10.3 Å². The van der Waals surface area contributed by atoms with Crippen LogP contribution in [0.4, 0.5) is 0 Å². The van der Waals surface area contributed by atoms with Crippen molar-refractivity contribution in [2.75, 3.05) is 13.4 Å². The van der Waals surface area contributed by atoms with E-state index in [4.69, 9.17) is 4.74 Å². The Kier molecular flexibility index (Phi) is 4.54. The van der Waals surface area contributed by atoms with Gasteiger partial charge in [0.25, 0.3) is 5.56 Å². The number of aryl methyl sites for hydroxylation is 1. The Hall–Kier alpha value is -2.92. The maximum Gasteiger partial charge on any atom is 0.279 e. The molecule has 0 radical (unpaired) electrons. The molecule has 27 heavy (non-hydrogen) atoms. The number of para-hydroxylation sites is 1. The van der Waals surface area contributed by atoms with E-state index in [0.717, 1.165) is 38.4 Å². The van der Waals surface area contributed by atoms with Crippen molar-refractivity contribution in [3.63, 3.8) is 0 Å². The van der Waals surface area contributed by atoms with Crippen LogP contribution in [0.1, 0.15) is 0 Å². The lowest BCUT2D eigenvalue weighted by Crippen LogP contribution is -2.19. The van der Waals surface area contributed by atoms with E-state index in [0.29, 0.717) is 0 Å². The van der Waals surface area contributed by atoms with Gasteiger partial charge in [0.15, 0.2) is 0 Å². The maximum atomic E-state index is 13.4. The van der Waals surface area contributed by atoms with Gasteiger partial charge < -0.3 is 4.74 Å². The van der Waals surface area contributed by atoms with Gasteiger partial charge in [-0.1, -0.05) is 30.3 Å². The van der Waals surface area contributed by atoms with Gasteiger partial charge >= 0.3 is 0 Å². The average molecular weight is 376 g/mol. The van der Waals surface area contributed by atoms with Gasteiger partial charge in [0.1, 0.15) is 5.75 Å². The molecule has 1 heterocycles. The number of benzene rings is 3. The molecule has 0 aliphatic heterocycles. The van der Waals surface area contributed by atoms with Crippen molar-refractivity contribution in [1.29, 1.82) is 0 Å². The molecule has 0 aliphatic carbocycles. The van der Waals surface area contributed by atoms with Crippen LogP contribution in [0.2, 0.25) is 0 Å². The Labute approximate surface area is 162 Å². The predicted octanol–water partition coefficient (Wildman–Crippen LogP) is 4.73. The largest absolute Gasteiger partial charge is 0.497 e. The van der Waals surface area contributed by atoms with Gasteiger partial charge in [-0.25, -0.2) is 4.68 Å². The SMILES string of the molecule is COc1ccc(-c2cc(SC)cc3c2c(=O)n(-c2ccccc2)n3C)cc1. The smallest absolute Gasteiger partial charge is 0.279 e. The lowest BCUT2D eigenvalue weighted by atomic mass is 10.0. The monoisotopic (exact) mass is 376 g/mol. The van der Waals surface area contributed by atoms with E-state index >= 15 is 0 Å². The molecule has 0 bridgehead atoms. The molecule has 4 aromatic rings. The van der Waals surface area contributed by atoms with Crippen LogP contribution in [0.5, 0.6) is 5.75 Å². The molecule has 136 valence electrons. The molecule has 4 nitrogen and oxygen atoms in total. The summed E-state index contributed by atoms with van der Waals surface area (Å²) in [7, 11) is 3.58. The molecule has 0 fully saturated rings. The number of aromatic nitrogens is 2. The van der Waals surface area contributed by atoms with Crippen LogP contribution in [0.3, 0.4) is 0 Å². The van der Waals surface area contributed by atoms with Gasteiger partial charge in [-0.15, -0.1) is 11.8 Å². The molecule has 0 saturated carbocycles. The van der Waals surface area contributed by atoms with Gasteiger partial charge in [-0.05, 0) is 53.8 Å². The van der Waals surface area contributed by atoms with Crippen molar-refractivity contribution in [2.45, 2.75) is 4.90 Å². The van der Waals surface area contributed by atoms with Crippen molar-refractivity contribution in [2.24, 2.45) is 7.05 Å². The molecule has 3 aromatic carbocycles. The van der Waals surface area contributed by atoms with Gasteiger partial charge in [-0.3, -0.25) is 9.48 Å². The molecule has 5 heteroatoms. The lowest BCUT2D eigenvalue weighted by Gasteiger charge is -2.09. The zero-order valence-electron chi connectivity index (χ0n) is 15.5. The van der Waals surface area contributed by atoms with Crippen molar-refractivity contribution in [3.05, 3.63) is 77.1 Å². The van der Waals surface area contributed by atoms with E-state index in [2.05, 4.69) is 12.1 Å².